The van der Waals surface area contributed by atoms with Crippen LogP contribution in [0.3, 0.4) is 0 Å². The molecule has 0 saturated carbocycles. The maximum Gasteiger partial charge on any atom is 0.328 e. The minimum absolute atomic E-state index is 0.213. The second-order valence-electron chi connectivity index (χ2n) is 4.55. The van der Waals surface area contributed by atoms with Crippen molar-refractivity contribution >= 4 is 41.2 Å². The van der Waals surface area contributed by atoms with Gasteiger partial charge in [-0.25, -0.2) is 9.97 Å². The quantitative estimate of drug-likeness (QED) is 0.203. The number of anilines is 1. The number of ether oxygens (including phenoxy) is 1. The molecule has 7 nitrogen and oxygen atoms in total. The number of thioether (sulfide) groups is 1. The van der Waals surface area contributed by atoms with Gasteiger partial charge in [0.1, 0.15) is 11.6 Å². The molecule has 9 heteroatoms. The van der Waals surface area contributed by atoms with Gasteiger partial charge in [0, 0.05) is 12.7 Å². The minimum Gasteiger partial charge on any atom is -0.495 e. The summed E-state index contributed by atoms with van der Waals surface area (Å²) in [6.07, 6.45) is 4.03. The summed E-state index contributed by atoms with van der Waals surface area (Å²) in [6, 6.07) is 5.38. The molecule has 0 bridgehead atoms. The Bertz CT molecular complexity index is 808. The highest BCUT2D eigenvalue weighted by molar-refractivity contribution is 7.98. The molecule has 1 heterocycles. The maximum absolute atomic E-state index is 11.9. The highest BCUT2D eigenvalue weighted by Crippen LogP contribution is 2.25. The summed E-state index contributed by atoms with van der Waals surface area (Å²) in [5.74, 6) is 0.439. The molecule has 2 rings (SSSR count). The summed E-state index contributed by atoms with van der Waals surface area (Å²) in [6.45, 7) is 0.394. The zero-order valence-corrected chi connectivity index (χ0v) is 14.6. The first kappa shape index (κ1) is 17.9. The van der Waals surface area contributed by atoms with E-state index in [-0.39, 0.29) is 5.56 Å². The molecule has 0 unspecified atom stereocenters. The molecule has 1 N–H and O–H groups in total. The molecule has 0 amide bonds. The number of carbonyl (C=O) groups is 1. The van der Waals surface area contributed by atoms with Crippen molar-refractivity contribution in [1.82, 2.24) is 9.97 Å². The van der Waals surface area contributed by atoms with Crippen molar-refractivity contribution in [2.75, 3.05) is 18.7 Å². The molecule has 0 aliphatic heterocycles. The third kappa shape index (κ3) is 4.32. The van der Waals surface area contributed by atoms with Gasteiger partial charge in [0.15, 0.2) is 5.16 Å². The molecule has 0 aliphatic rings. The molecular weight excluding hydrogens is 350 g/mol. The first-order valence-corrected chi connectivity index (χ1v) is 8.38. The molecule has 0 aliphatic carbocycles. The Morgan fingerprint density at radius 1 is 1.54 bits per heavy atom. The number of nitrogens with one attached hydrogen (secondary N) is 1. The predicted molar refractivity (Wildman–Crippen MR) is 93.2 cm³/mol. The van der Waals surface area contributed by atoms with E-state index in [2.05, 4.69) is 20.1 Å². The SMILES string of the molecule is COc1ccc(CNc2nc(SC)ncc2C(=O)C=[N+]=[N-])cc1Cl. The van der Waals surface area contributed by atoms with E-state index in [1.807, 2.05) is 12.3 Å². The molecule has 0 fully saturated rings. The van der Waals surface area contributed by atoms with Gasteiger partial charge >= 0.3 is 6.21 Å². The highest BCUT2D eigenvalue weighted by Gasteiger charge is 2.16. The standard InChI is InChI=1S/C15H14ClN5O2S/c1-23-13-4-3-9(5-11(13)16)6-18-14-10(12(22)8-20-17)7-19-15(21-14)24-2/h3-5,7-8H,6H2,1-2H3,(H,18,19,21). The number of carbonyl (C=O) groups excluding carboxylic acids is 1. The minimum atomic E-state index is -0.500. The molecule has 0 spiro atoms. The number of rotatable bonds is 7. The van der Waals surface area contributed by atoms with Gasteiger partial charge in [-0.2, -0.15) is 4.79 Å². The van der Waals surface area contributed by atoms with Crippen LogP contribution in [0.5, 0.6) is 5.75 Å². The number of benzene rings is 1. The van der Waals surface area contributed by atoms with E-state index in [0.717, 1.165) is 11.8 Å². The Kier molecular flexibility index (Phi) is 6.31. The lowest BCUT2D eigenvalue weighted by molar-refractivity contribution is 0.00234. The molecule has 0 saturated heterocycles. The second-order valence-corrected chi connectivity index (χ2v) is 5.73. The third-order valence-electron chi connectivity index (χ3n) is 3.07. The second kappa shape index (κ2) is 8.44. The smallest absolute Gasteiger partial charge is 0.328 e. The number of halogens is 1. The van der Waals surface area contributed by atoms with Crippen LogP contribution >= 0.6 is 23.4 Å². The topological polar surface area (TPSA) is 101 Å². The normalized spacial score (nSPS) is 9.96. The Labute approximate surface area is 148 Å². The van der Waals surface area contributed by atoms with Crippen LogP contribution in [0.25, 0.3) is 5.53 Å². The lowest BCUT2D eigenvalue weighted by atomic mass is 10.2. The molecule has 0 radical (unpaired) electrons. The molecule has 2 aromatic rings. The first-order valence-electron chi connectivity index (χ1n) is 6.78. The van der Waals surface area contributed by atoms with Crippen LogP contribution in [0.4, 0.5) is 5.82 Å². The van der Waals surface area contributed by atoms with E-state index in [9.17, 15) is 4.79 Å². The number of methoxy groups -OCH3 is 1. The molecule has 124 valence electrons. The van der Waals surface area contributed by atoms with Crippen molar-refractivity contribution in [3.05, 3.63) is 46.1 Å². The Morgan fingerprint density at radius 2 is 2.33 bits per heavy atom. The number of nitrogens with zero attached hydrogens (tertiary/aromatic N) is 4. The van der Waals surface area contributed by atoms with E-state index >= 15 is 0 Å². The van der Waals surface area contributed by atoms with Gasteiger partial charge in [-0.1, -0.05) is 29.4 Å². The van der Waals surface area contributed by atoms with Crippen molar-refractivity contribution in [1.29, 1.82) is 0 Å². The fourth-order valence-electron chi connectivity index (χ4n) is 1.91. The van der Waals surface area contributed by atoms with Crippen LogP contribution in [-0.2, 0) is 6.54 Å². The fourth-order valence-corrected chi connectivity index (χ4v) is 2.53. The summed E-state index contributed by atoms with van der Waals surface area (Å²) in [4.78, 5) is 23.0. The van der Waals surface area contributed by atoms with Gasteiger partial charge in [0.2, 0.25) is 0 Å². The van der Waals surface area contributed by atoms with Crippen molar-refractivity contribution in [2.24, 2.45) is 0 Å². The van der Waals surface area contributed by atoms with Gasteiger partial charge in [0.25, 0.3) is 5.78 Å². The molecule has 24 heavy (non-hydrogen) atoms. The van der Waals surface area contributed by atoms with E-state index in [1.54, 1.807) is 19.2 Å². The van der Waals surface area contributed by atoms with Crippen molar-refractivity contribution in [2.45, 2.75) is 11.7 Å². The van der Waals surface area contributed by atoms with Crippen LogP contribution in [-0.4, -0.2) is 40.1 Å². The summed E-state index contributed by atoms with van der Waals surface area (Å²) < 4.78 is 5.11. The Morgan fingerprint density at radius 3 is 2.96 bits per heavy atom. The number of ketones is 1. The van der Waals surface area contributed by atoms with Crippen LogP contribution in [0.2, 0.25) is 5.02 Å². The van der Waals surface area contributed by atoms with E-state index in [4.69, 9.17) is 21.9 Å². The van der Waals surface area contributed by atoms with Gasteiger partial charge in [0.05, 0.1) is 17.7 Å². The zero-order valence-electron chi connectivity index (χ0n) is 13.0. The van der Waals surface area contributed by atoms with E-state index in [0.29, 0.717) is 28.3 Å². The predicted octanol–water partition coefficient (Wildman–Crippen LogP) is 2.96. The van der Waals surface area contributed by atoms with Crippen LogP contribution in [0, 0.1) is 0 Å². The van der Waals surface area contributed by atoms with Gasteiger partial charge < -0.3 is 15.6 Å². The average molecular weight is 364 g/mol. The molecule has 1 aromatic heterocycles. The van der Waals surface area contributed by atoms with Crippen LogP contribution in [0.15, 0.2) is 29.6 Å². The highest BCUT2D eigenvalue weighted by atomic mass is 35.5. The van der Waals surface area contributed by atoms with Crippen LogP contribution < -0.4 is 10.1 Å². The lowest BCUT2D eigenvalue weighted by Crippen LogP contribution is -2.11. The van der Waals surface area contributed by atoms with Crippen LogP contribution in [0.1, 0.15) is 15.9 Å². The molecule has 0 atom stereocenters. The molecular formula is C15H14ClN5O2S. The number of Topliss-reactive ketones (excluding diaryl/α,β-unsaturated/α-hetero) is 1. The van der Waals surface area contributed by atoms with E-state index in [1.165, 1.54) is 18.0 Å². The Balaban J connectivity index is 2.25. The average Bonchev–Trinajstić information content (AvgIpc) is 2.60. The van der Waals surface area contributed by atoms with Gasteiger partial charge in [-0.3, -0.25) is 4.79 Å². The third-order valence-corrected chi connectivity index (χ3v) is 3.92. The largest absolute Gasteiger partial charge is 0.495 e. The summed E-state index contributed by atoms with van der Waals surface area (Å²) in [7, 11) is 1.55. The summed E-state index contributed by atoms with van der Waals surface area (Å²) >= 11 is 7.45. The zero-order chi connectivity index (χ0) is 17.5. The molecule has 1 aromatic carbocycles. The Hall–Kier alpha value is -2.41. The summed E-state index contributed by atoms with van der Waals surface area (Å²) in [5.41, 5.74) is 9.64. The number of hydrogen-bond acceptors (Lipinski definition) is 6. The van der Waals surface area contributed by atoms with E-state index < -0.39 is 5.78 Å². The first-order chi connectivity index (χ1) is 11.6. The van der Waals surface area contributed by atoms with Crippen molar-refractivity contribution in [3.63, 3.8) is 0 Å². The number of aromatic nitrogens is 2. The maximum atomic E-state index is 11.9. The lowest BCUT2D eigenvalue weighted by Gasteiger charge is -2.10. The van der Waals surface area contributed by atoms with Crippen molar-refractivity contribution in [3.8, 4) is 5.75 Å². The fraction of sp³-hybridized carbons (Fsp3) is 0.200. The van der Waals surface area contributed by atoms with Crippen molar-refractivity contribution < 1.29 is 14.3 Å². The number of hydrogen-bond donors (Lipinski definition) is 1. The summed E-state index contributed by atoms with van der Waals surface area (Å²) in [5, 5.41) is 4.09. The van der Waals surface area contributed by atoms with Gasteiger partial charge in [-0.05, 0) is 24.0 Å². The monoisotopic (exact) mass is 363 g/mol. The van der Waals surface area contributed by atoms with Gasteiger partial charge in [-0.15, -0.1) is 0 Å².